The number of hydrogen-bond acceptors (Lipinski definition) is 5. The maximum absolute atomic E-state index is 13.1. The first-order valence-corrected chi connectivity index (χ1v) is 9.60. The minimum atomic E-state index is -0.615. The highest BCUT2D eigenvalue weighted by atomic mass is 16.5. The molecule has 0 spiro atoms. The Morgan fingerprint density at radius 3 is 2.14 bits per heavy atom. The van der Waals surface area contributed by atoms with Crippen molar-refractivity contribution in [1.29, 1.82) is 0 Å². The topological polar surface area (TPSA) is 72.9 Å². The third-order valence-electron chi connectivity index (χ3n) is 6.11. The highest BCUT2D eigenvalue weighted by molar-refractivity contribution is 6.23. The Morgan fingerprint density at radius 1 is 0.897 bits per heavy atom. The van der Waals surface area contributed by atoms with Crippen LogP contribution in [0.15, 0.2) is 60.7 Å². The molecule has 2 aromatic rings. The first-order valence-electron chi connectivity index (χ1n) is 9.60. The number of nitrogens with zero attached hydrogens (tertiary/aromatic N) is 1. The summed E-state index contributed by atoms with van der Waals surface area (Å²) in [5, 5.41) is 0. The van der Waals surface area contributed by atoms with E-state index in [9.17, 15) is 14.4 Å². The molecule has 0 radical (unpaired) electrons. The number of esters is 1. The number of allylic oxidation sites excluding steroid dienone is 2. The lowest BCUT2D eigenvalue weighted by Crippen LogP contribution is -2.33. The van der Waals surface area contributed by atoms with Gasteiger partial charge in [-0.3, -0.25) is 9.59 Å². The van der Waals surface area contributed by atoms with Crippen LogP contribution in [0.2, 0.25) is 0 Å². The van der Waals surface area contributed by atoms with Crippen molar-refractivity contribution in [2.45, 2.75) is 6.42 Å². The van der Waals surface area contributed by atoms with Crippen LogP contribution in [-0.4, -0.2) is 24.9 Å². The lowest BCUT2D eigenvalue weighted by atomic mass is 9.85. The zero-order valence-electron chi connectivity index (χ0n) is 15.8. The van der Waals surface area contributed by atoms with Crippen molar-refractivity contribution in [2.75, 3.05) is 12.0 Å². The average Bonchev–Trinajstić information content (AvgIpc) is 3.42. The van der Waals surface area contributed by atoms with Gasteiger partial charge in [-0.25, -0.2) is 9.69 Å². The largest absolute Gasteiger partial charge is 0.496 e. The van der Waals surface area contributed by atoms with Crippen molar-refractivity contribution < 1.29 is 23.9 Å². The van der Waals surface area contributed by atoms with Gasteiger partial charge in [-0.15, -0.1) is 0 Å². The van der Waals surface area contributed by atoms with Gasteiger partial charge in [0.05, 0.1) is 24.6 Å². The van der Waals surface area contributed by atoms with Gasteiger partial charge < -0.3 is 9.47 Å². The number of ether oxygens (including phenoxy) is 2. The van der Waals surface area contributed by atoms with E-state index >= 15 is 0 Å². The number of carbonyl (C=O) groups is 3. The zero-order chi connectivity index (χ0) is 20.1. The molecule has 4 atom stereocenters. The number of amides is 2. The minimum Gasteiger partial charge on any atom is -0.496 e. The number of rotatable bonds is 4. The first kappa shape index (κ1) is 17.7. The molecule has 5 rings (SSSR count). The molecule has 2 fully saturated rings. The Balaban J connectivity index is 1.47. The van der Waals surface area contributed by atoms with Crippen LogP contribution in [0.3, 0.4) is 0 Å². The third-order valence-corrected chi connectivity index (χ3v) is 6.11. The molecule has 0 N–H and O–H groups in total. The first-order chi connectivity index (χ1) is 14.1. The van der Waals surface area contributed by atoms with Gasteiger partial charge in [0.25, 0.3) is 0 Å². The van der Waals surface area contributed by atoms with E-state index in [1.807, 2.05) is 12.2 Å². The van der Waals surface area contributed by atoms with Gasteiger partial charge in [0.2, 0.25) is 11.8 Å². The highest BCUT2D eigenvalue weighted by Gasteiger charge is 2.59. The second kappa shape index (κ2) is 6.58. The molecule has 2 bridgehead atoms. The smallest absolute Gasteiger partial charge is 0.347 e. The summed E-state index contributed by atoms with van der Waals surface area (Å²) in [6, 6.07) is 13.4. The number of benzene rings is 2. The van der Waals surface area contributed by atoms with Crippen LogP contribution in [-0.2, 0) is 9.59 Å². The molecule has 2 aromatic carbocycles. The van der Waals surface area contributed by atoms with Gasteiger partial charge in [-0.05, 0) is 42.5 Å². The van der Waals surface area contributed by atoms with Crippen LogP contribution in [0.4, 0.5) is 5.69 Å². The van der Waals surface area contributed by atoms with Crippen LogP contribution in [0.5, 0.6) is 11.5 Å². The van der Waals surface area contributed by atoms with Crippen molar-refractivity contribution in [3.63, 3.8) is 0 Å². The van der Waals surface area contributed by atoms with Gasteiger partial charge in [0, 0.05) is 0 Å². The summed E-state index contributed by atoms with van der Waals surface area (Å²) in [5.74, 6) is -0.854. The van der Waals surface area contributed by atoms with Gasteiger partial charge in [-0.1, -0.05) is 36.4 Å². The van der Waals surface area contributed by atoms with E-state index in [0.29, 0.717) is 11.4 Å². The fraction of sp³-hybridized carbons (Fsp3) is 0.261. The van der Waals surface area contributed by atoms with Crippen LogP contribution >= 0.6 is 0 Å². The van der Waals surface area contributed by atoms with Crippen molar-refractivity contribution in [3.05, 3.63) is 66.2 Å². The Kier molecular flexibility index (Phi) is 4.01. The zero-order valence-corrected chi connectivity index (χ0v) is 15.8. The van der Waals surface area contributed by atoms with Gasteiger partial charge in [-0.2, -0.15) is 0 Å². The second-order valence-electron chi connectivity index (χ2n) is 7.57. The SMILES string of the molecule is COc1ccccc1C(=O)Oc1ccccc1N1C(=O)[C@@H]2[C@@H](C1=O)[C@H]1C=C[C@H]2C1. The van der Waals surface area contributed by atoms with Gasteiger partial charge in [0.1, 0.15) is 11.3 Å². The molecule has 2 aliphatic carbocycles. The molecule has 1 aliphatic heterocycles. The Bertz CT molecular complexity index is 1030. The Hall–Kier alpha value is -3.41. The number of imide groups is 1. The molecule has 0 unspecified atom stereocenters. The maximum atomic E-state index is 13.1. The lowest BCUT2D eigenvalue weighted by molar-refractivity contribution is -0.123. The molecule has 146 valence electrons. The Morgan fingerprint density at radius 2 is 1.48 bits per heavy atom. The fourth-order valence-electron chi connectivity index (χ4n) is 4.84. The summed E-state index contributed by atoms with van der Waals surface area (Å²) in [6.45, 7) is 0. The summed E-state index contributed by atoms with van der Waals surface area (Å²) >= 11 is 0. The number of fused-ring (bicyclic) bond motifs is 5. The molecule has 6 heteroatoms. The second-order valence-corrected chi connectivity index (χ2v) is 7.57. The van der Waals surface area contributed by atoms with E-state index in [1.54, 1.807) is 48.5 Å². The molecule has 2 amide bonds. The van der Waals surface area contributed by atoms with Crippen LogP contribution in [0, 0.1) is 23.7 Å². The molecule has 3 aliphatic rings. The number of carbonyl (C=O) groups excluding carboxylic acids is 3. The van der Waals surface area contributed by atoms with E-state index in [4.69, 9.17) is 9.47 Å². The van der Waals surface area contributed by atoms with Crippen LogP contribution in [0.1, 0.15) is 16.8 Å². The van der Waals surface area contributed by atoms with E-state index in [0.717, 1.165) is 6.42 Å². The molecular weight excluding hydrogens is 370 g/mol. The lowest BCUT2D eigenvalue weighted by Gasteiger charge is -2.20. The number of methoxy groups -OCH3 is 1. The van der Waals surface area contributed by atoms with E-state index in [-0.39, 0.29) is 46.8 Å². The molecule has 6 nitrogen and oxygen atoms in total. The standard InChI is InChI=1S/C23H19NO5/c1-28-17-8-4-2-6-15(17)23(27)29-18-9-5-3-7-16(18)24-21(25)19-13-10-11-14(12-13)20(19)22(24)26/h2-11,13-14,19-20H,12H2,1H3/t13-,14-,19-,20-/m0/s1. The summed E-state index contributed by atoms with van der Waals surface area (Å²) in [6.07, 6.45) is 4.97. The van der Waals surface area contributed by atoms with Gasteiger partial charge >= 0.3 is 5.97 Å². The molecule has 1 saturated heterocycles. The molecule has 0 aromatic heterocycles. The number of anilines is 1. The van der Waals surface area contributed by atoms with E-state index in [2.05, 4.69) is 0 Å². The van der Waals surface area contributed by atoms with Crippen molar-refractivity contribution >= 4 is 23.5 Å². The molecule has 1 heterocycles. The van der Waals surface area contributed by atoms with Crippen molar-refractivity contribution in [1.82, 2.24) is 0 Å². The summed E-state index contributed by atoms with van der Waals surface area (Å²) in [5.41, 5.74) is 0.572. The molecule has 1 saturated carbocycles. The monoisotopic (exact) mass is 389 g/mol. The predicted octanol–water partition coefficient (Wildman–Crippen LogP) is 3.23. The summed E-state index contributed by atoms with van der Waals surface area (Å²) in [7, 11) is 1.47. The van der Waals surface area contributed by atoms with Crippen LogP contribution < -0.4 is 14.4 Å². The normalized spacial score (nSPS) is 26.7. The van der Waals surface area contributed by atoms with Crippen molar-refractivity contribution in [3.8, 4) is 11.5 Å². The highest BCUT2D eigenvalue weighted by Crippen LogP contribution is 2.53. The minimum absolute atomic E-state index is 0.120. The van der Waals surface area contributed by atoms with E-state index in [1.165, 1.54) is 12.0 Å². The van der Waals surface area contributed by atoms with Gasteiger partial charge in [0.15, 0.2) is 5.75 Å². The van der Waals surface area contributed by atoms with Crippen LogP contribution in [0.25, 0.3) is 0 Å². The Labute approximate surface area is 167 Å². The van der Waals surface area contributed by atoms with Crippen molar-refractivity contribution in [2.24, 2.45) is 23.7 Å². The summed E-state index contributed by atoms with van der Waals surface area (Å²) in [4.78, 5) is 40.1. The molecule has 29 heavy (non-hydrogen) atoms. The quantitative estimate of drug-likeness (QED) is 0.347. The average molecular weight is 389 g/mol. The maximum Gasteiger partial charge on any atom is 0.347 e. The number of hydrogen-bond donors (Lipinski definition) is 0. The predicted molar refractivity (Wildman–Crippen MR) is 105 cm³/mol. The third kappa shape index (κ3) is 2.59. The fourth-order valence-corrected chi connectivity index (χ4v) is 4.84. The molecular formula is C23H19NO5. The number of para-hydroxylation sites is 3. The summed E-state index contributed by atoms with van der Waals surface area (Å²) < 4.78 is 10.8. The van der Waals surface area contributed by atoms with E-state index < -0.39 is 5.97 Å².